The molecule has 0 saturated carbocycles. The number of hydrogen-bond donors (Lipinski definition) is 1. The van der Waals surface area contributed by atoms with Crippen LogP contribution >= 0.6 is 27.5 Å². The van der Waals surface area contributed by atoms with Gasteiger partial charge in [0.05, 0.1) is 12.3 Å². The number of amides is 4. The van der Waals surface area contributed by atoms with E-state index in [1.807, 2.05) is 51.1 Å². The molecule has 0 aromatic heterocycles. The average molecular weight is 568 g/mol. The Bertz CT molecular complexity index is 1420. The van der Waals surface area contributed by atoms with Gasteiger partial charge in [-0.25, -0.2) is 9.69 Å². The minimum absolute atomic E-state index is 0.174. The van der Waals surface area contributed by atoms with Gasteiger partial charge < -0.3 is 4.74 Å². The summed E-state index contributed by atoms with van der Waals surface area (Å²) < 4.78 is 6.82. The molecule has 4 amide bonds. The third-order valence-corrected chi connectivity index (χ3v) is 7.14. The zero-order chi connectivity index (χ0) is 26.0. The van der Waals surface area contributed by atoms with Crippen LogP contribution in [-0.4, -0.2) is 24.5 Å². The van der Waals surface area contributed by atoms with Crippen molar-refractivity contribution in [1.82, 2.24) is 5.32 Å². The minimum Gasteiger partial charge on any atom is -0.494 e. The Morgan fingerprint density at radius 3 is 2.53 bits per heavy atom. The first-order chi connectivity index (χ1) is 17.2. The normalized spacial score (nSPS) is 14.9. The lowest BCUT2D eigenvalue weighted by atomic mass is 10.00. The number of halogens is 2. The largest absolute Gasteiger partial charge is 0.494 e. The van der Waals surface area contributed by atoms with E-state index in [9.17, 15) is 14.4 Å². The number of carbonyl (C=O) groups is 3. The van der Waals surface area contributed by atoms with Crippen LogP contribution in [0.25, 0.3) is 6.08 Å². The smallest absolute Gasteiger partial charge is 0.335 e. The number of ether oxygens (including phenoxy) is 1. The summed E-state index contributed by atoms with van der Waals surface area (Å²) in [5, 5.41) is 2.71. The second kappa shape index (κ2) is 10.7. The fraction of sp³-hybridized carbons (Fsp3) is 0.179. The van der Waals surface area contributed by atoms with Crippen LogP contribution in [0.15, 0.2) is 64.6 Å². The predicted octanol–water partition coefficient (Wildman–Crippen LogP) is 6.38. The number of hydrogen-bond acceptors (Lipinski definition) is 4. The van der Waals surface area contributed by atoms with Gasteiger partial charge in [-0.05, 0) is 73.4 Å². The van der Waals surface area contributed by atoms with Gasteiger partial charge in [-0.3, -0.25) is 14.9 Å². The first kappa shape index (κ1) is 25.7. The topological polar surface area (TPSA) is 75.7 Å². The molecular formula is C28H24BrClN2O4. The van der Waals surface area contributed by atoms with E-state index in [4.69, 9.17) is 16.3 Å². The predicted molar refractivity (Wildman–Crippen MR) is 144 cm³/mol. The van der Waals surface area contributed by atoms with E-state index in [1.165, 1.54) is 6.08 Å². The minimum atomic E-state index is -0.785. The molecule has 1 fully saturated rings. The number of aryl methyl sites for hydroxylation is 1. The second-order valence-electron chi connectivity index (χ2n) is 8.36. The zero-order valence-electron chi connectivity index (χ0n) is 20.0. The van der Waals surface area contributed by atoms with Gasteiger partial charge in [0.15, 0.2) is 0 Å². The van der Waals surface area contributed by atoms with Gasteiger partial charge in [0.25, 0.3) is 11.8 Å². The molecule has 36 heavy (non-hydrogen) atoms. The molecule has 0 atom stereocenters. The summed E-state index contributed by atoms with van der Waals surface area (Å²) in [7, 11) is 0. The number of nitrogens with one attached hydrogen (secondary N) is 1. The molecule has 1 aliphatic heterocycles. The summed E-state index contributed by atoms with van der Waals surface area (Å²) in [6, 6.07) is 15.8. The van der Waals surface area contributed by atoms with E-state index in [0.29, 0.717) is 35.1 Å². The van der Waals surface area contributed by atoms with Crippen molar-refractivity contribution in [3.05, 3.63) is 97.5 Å². The molecule has 0 aliphatic carbocycles. The molecule has 3 aromatic carbocycles. The van der Waals surface area contributed by atoms with Gasteiger partial charge in [0, 0.05) is 21.5 Å². The van der Waals surface area contributed by atoms with Gasteiger partial charge in [0.2, 0.25) is 0 Å². The van der Waals surface area contributed by atoms with Crippen LogP contribution in [0.1, 0.15) is 34.7 Å². The Labute approximate surface area is 223 Å². The summed E-state index contributed by atoms with van der Waals surface area (Å²) >= 11 is 10.2. The number of carbonyl (C=O) groups excluding carboxylic acids is 3. The quantitative estimate of drug-likeness (QED) is 0.277. The number of urea groups is 1. The number of benzene rings is 3. The van der Waals surface area contributed by atoms with Crippen LogP contribution in [-0.2, 0) is 16.0 Å². The second-order valence-corrected chi connectivity index (χ2v) is 9.62. The van der Waals surface area contributed by atoms with E-state index in [1.54, 1.807) is 24.3 Å². The van der Waals surface area contributed by atoms with Gasteiger partial charge in [-0.15, -0.1) is 0 Å². The fourth-order valence-electron chi connectivity index (χ4n) is 4.02. The van der Waals surface area contributed by atoms with Crippen LogP contribution in [0.3, 0.4) is 0 Å². The van der Waals surface area contributed by atoms with Gasteiger partial charge >= 0.3 is 6.03 Å². The van der Waals surface area contributed by atoms with Crippen LogP contribution in [0.5, 0.6) is 5.75 Å². The number of nitrogens with zero attached hydrogens (tertiary/aromatic N) is 1. The third-order valence-electron chi connectivity index (χ3n) is 6.03. The highest BCUT2D eigenvalue weighted by Gasteiger charge is 2.37. The Hall–Kier alpha value is -3.42. The molecule has 0 radical (unpaired) electrons. The van der Waals surface area contributed by atoms with Crippen LogP contribution < -0.4 is 15.0 Å². The summed E-state index contributed by atoms with van der Waals surface area (Å²) in [4.78, 5) is 39.6. The summed E-state index contributed by atoms with van der Waals surface area (Å²) in [6.45, 7) is 5.99. The third kappa shape index (κ3) is 5.08. The first-order valence-corrected chi connectivity index (χ1v) is 12.5. The van der Waals surface area contributed by atoms with Crippen LogP contribution in [0.2, 0.25) is 5.02 Å². The number of barbiturate groups is 1. The lowest BCUT2D eigenvalue weighted by molar-refractivity contribution is -0.122. The Morgan fingerprint density at radius 1 is 1.06 bits per heavy atom. The highest BCUT2D eigenvalue weighted by Crippen LogP contribution is 2.34. The molecule has 6 nitrogen and oxygen atoms in total. The van der Waals surface area contributed by atoms with Crippen LogP contribution in [0, 0.1) is 13.8 Å². The van der Waals surface area contributed by atoms with Crippen molar-refractivity contribution >= 4 is 57.1 Å². The number of anilines is 1. The lowest BCUT2D eigenvalue weighted by Gasteiger charge is -2.28. The SMILES string of the molecule is CCOc1cc(/C=C2\C(=O)NC(=O)N(c3cccc(C)c3C)C2=O)cc(Cl)c1Cc1ccccc1Br. The van der Waals surface area contributed by atoms with E-state index < -0.39 is 17.8 Å². The average Bonchev–Trinajstić information content (AvgIpc) is 2.83. The Kier molecular flexibility index (Phi) is 7.62. The van der Waals surface area contributed by atoms with Gasteiger partial charge in [0.1, 0.15) is 11.3 Å². The van der Waals surface area contributed by atoms with Gasteiger partial charge in [-0.2, -0.15) is 0 Å². The van der Waals surface area contributed by atoms with Crippen molar-refractivity contribution in [2.45, 2.75) is 27.2 Å². The molecule has 0 spiro atoms. The molecule has 184 valence electrons. The highest BCUT2D eigenvalue weighted by atomic mass is 79.9. The highest BCUT2D eigenvalue weighted by molar-refractivity contribution is 9.10. The maximum absolute atomic E-state index is 13.4. The summed E-state index contributed by atoms with van der Waals surface area (Å²) in [6.07, 6.45) is 1.96. The molecule has 0 bridgehead atoms. The molecular weight excluding hydrogens is 544 g/mol. The molecule has 0 unspecified atom stereocenters. The number of imide groups is 2. The van der Waals surface area contributed by atoms with Crippen molar-refractivity contribution in [2.24, 2.45) is 0 Å². The maximum Gasteiger partial charge on any atom is 0.335 e. The van der Waals surface area contributed by atoms with Crippen molar-refractivity contribution < 1.29 is 19.1 Å². The van der Waals surface area contributed by atoms with Crippen LogP contribution in [0.4, 0.5) is 10.5 Å². The van der Waals surface area contributed by atoms with Gasteiger partial charge in [-0.1, -0.05) is 57.9 Å². The van der Waals surface area contributed by atoms with Crippen molar-refractivity contribution in [1.29, 1.82) is 0 Å². The molecule has 3 aromatic rings. The molecule has 1 N–H and O–H groups in total. The molecule has 8 heteroatoms. The lowest BCUT2D eigenvalue weighted by Crippen LogP contribution is -2.54. The van der Waals surface area contributed by atoms with Crippen molar-refractivity contribution in [2.75, 3.05) is 11.5 Å². The number of rotatable bonds is 6. The summed E-state index contributed by atoms with van der Waals surface area (Å²) in [5.74, 6) is -0.916. The van der Waals surface area contributed by atoms with E-state index in [-0.39, 0.29) is 5.57 Å². The summed E-state index contributed by atoms with van der Waals surface area (Å²) in [5.41, 5.74) is 4.28. The molecule has 1 saturated heterocycles. The van der Waals surface area contributed by atoms with E-state index >= 15 is 0 Å². The maximum atomic E-state index is 13.4. The monoisotopic (exact) mass is 566 g/mol. The molecule has 1 aliphatic rings. The van der Waals surface area contributed by atoms with Crippen molar-refractivity contribution in [3.8, 4) is 5.75 Å². The Morgan fingerprint density at radius 2 is 1.81 bits per heavy atom. The van der Waals surface area contributed by atoms with E-state index in [2.05, 4.69) is 21.2 Å². The standard InChI is InChI=1S/C28H24BrClN2O4/c1-4-36-25-14-18(13-23(30)20(25)15-19-9-5-6-10-22(19)29)12-21-26(33)31-28(35)32(27(21)34)24-11-7-8-16(2)17(24)3/h5-14H,4,15H2,1-3H3,(H,31,33,35)/b21-12+. The fourth-order valence-corrected chi connectivity index (χ4v) is 4.73. The van der Waals surface area contributed by atoms with E-state index in [0.717, 1.165) is 31.6 Å². The Balaban J connectivity index is 1.75. The zero-order valence-corrected chi connectivity index (χ0v) is 22.4. The molecule has 4 rings (SSSR count). The first-order valence-electron chi connectivity index (χ1n) is 11.4. The van der Waals surface area contributed by atoms with Crippen molar-refractivity contribution in [3.63, 3.8) is 0 Å². The molecule has 1 heterocycles.